The number of ether oxygens (including phenoxy) is 1. The number of hydrogen-bond acceptors (Lipinski definition) is 13. The first kappa shape index (κ1) is 44.9. The second-order valence-electron chi connectivity index (χ2n) is 22.5. The Kier molecular flexibility index (Phi) is 11.0. The van der Waals surface area contributed by atoms with Crippen molar-refractivity contribution in [1.29, 1.82) is 0 Å². The summed E-state index contributed by atoms with van der Waals surface area (Å²) in [6.07, 6.45) is 11.0. The smallest absolute Gasteiger partial charge is 0.319 e. The van der Waals surface area contributed by atoms with Crippen molar-refractivity contribution in [1.82, 2.24) is 40.3 Å². The average Bonchev–Trinajstić information content (AvgIpc) is 3.65. The molecule has 1 aliphatic carbocycles. The summed E-state index contributed by atoms with van der Waals surface area (Å²) in [5.74, 6) is 0.0553. The van der Waals surface area contributed by atoms with Gasteiger partial charge >= 0.3 is 6.01 Å². The standard InChI is InChI=1S/C55H63FN10O5/c1-2-34-4-3-5-35-21-40(67)22-42(46(34)35)48-47(56)49-43(23-57-48)50(65-27-37-6-7-38(28-65)58-37)61-53(60-49)71-32-55(13-14-55)31-62-17-12-33(24-62)25-63-29-54(30-63)15-18-64(19-16-54)39-8-9-41-36(20-39)26-66(52(41)70)44-10-11-45(68)59-51(44)69/h3-5,8-9,20-23,33,37-38,44,58,67H,2,6-7,10-19,24-32H2,1H3,(H,59,68,69)/t33-,37?,38?,44?/m1/s1. The molecule has 15 nitrogen and oxygen atoms in total. The Morgan fingerprint density at radius 1 is 0.873 bits per heavy atom. The summed E-state index contributed by atoms with van der Waals surface area (Å²) in [6, 6.07) is 15.7. The number of phenols is 1. The maximum Gasteiger partial charge on any atom is 0.319 e. The van der Waals surface area contributed by atoms with Crippen LogP contribution in [-0.2, 0) is 22.6 Å². The molecule has 6 saturated heterocycles. The van der Waals surface area contributed by atoms with E-state index in [2.05, 4.69) is 49.3 Å². The molecule has 71 heavy (non-hydrogen) atoms. The molecule has 3 unspecified atom stereocenters. The fourth-order valence-corrected chi connectivity index (χ4v) is 13.6. The normalized spacial score (nSPS) is 25.9. The molecule has 1 spiro atoms. The first-order valence-corrected chi connectivity index (χ1v) is 26.2. The number of phenolic OH excluding ortho intramolecular Hbond substituents is 1. The highest BCUT2D eigenvalue weighted by atomic mass is 19.1. The molecule has 8 aliphatic rings. The number of aromatic hydroxyl groups is 1. The predicted molar refractivity (Wildman–Crippen MR) is 268 cm³/mol. The Bertz CT molecular complexity index is 2970. The summed E-state index contributed by atoms with van der Waals surface area (Å²) in [6.45, 7) is 13.1. The lowest BCUT2D eigenvalue weighted by Crippen LogP contribution is -2.61. The largest absolute Gasteiger partial charge is 0.508 e. The molecule has 0 radical (unpaired) electrons. The number of carbonyl (C=O) groups excluding carboxylic acids is 3. The number of anilines is 2. The van der Waals surface area contributed by atoms with E-state index in [1.807, 2.05) is 24.3 Å². The third-order valence-electron chi connectivity index (χ3n) is 17.6. The van der Waals surface area contributed by atoms with Crippen molar-refractivity contribution in [3.8, 4) is 23.0 Å². The van der Waals surface area contributed by atoms with Crippen LogP contribution < -0.4 is 25.2 Å². The van der Waals surface area contributed by atoms with Gasteiger partial charge in [0.1, 0.15) is 28.8 Å². The van der Waals surface area contributed by atoms with E-state index in [1.165, 1.54) is 6.42 Å². The van der Waals surface area contributed by atoms with Crippen LogP contribution in [0.4, 0.5) is 15.9 Å². The molecular formula is C55H63FN10O5. The van der Waals surface area contributed by atoms with Gasteiger partial charge in [0.25, 0.3) is 5.91 Å². The van der Waals surface area contributed by atoms with Crippen LogP contribution in [0.3, 0.4) is 0 Å². The molecule has 13 rings (SSSR count). The van der Waals surface area contributed by atoms with Crippen molar-refractivity contribution in [2.75, 3.05) is 81.9 Å². The zero-order valence-electron chi connectivity index (χ0n) is 40.6. The van der Waals surface area contributed by atoms with E-state index in [-0.39, 0.29) is 52.5 Å². The highest BCUT2D eigenvalue weighted by Crippen LogP contribution is 2.48. The number of benzene rings is 3. The molecular weight excluding hydrogens is 900 g/mol. The minimum atomic E-state index is -0.600. The van der Waals surface area contributed by atoms with E-state index in [1.54, 1.807) is 23.2 Å². The van der Waals surface area contributed by atoms with Gasteiger partial charge in [0.2, 0.25) is 11.8 Å². The average molecular weight is 963 g/mol. The molecule has 2 aromatic heterocycles. The number of aromatic nitrogens is 3. The number of likely N-dealkylation sites (tertiary alicyclic amines) is 2. The second kappa shape index (κ2) is 17.4. The van der Waals surface area contributed by atoms with Gasteiger partial charge in [-0.15, -0.1) is 0 Å². The molecule has 370 valence electrons. The molecule has 3 amide bonds. The van der Waals surface area contributed by atoms with E-state index in [0.29, 0.717) is 65.3 Å². The predicted octanol–water partition coefficient (Wildman–Crippen LogP) is 6.04. The number of fused-ring (bicyclic) bond motifs is 5. The molecule has 7 aliphatic heterocycles. The van der Waals surface area contributed by atoms with Crippen molar-refractivity contribution in [3.05, 3.63) is 77.2 Å². The van der Waals surface area contributed by atoms with E-state index < -0.39 is 11.9 Å². The minimum Gasteiger partial charge on any atom is -0.508 e. The number of nitrogens with zero attached hydrogens (tertiary/aromatic N) is 8. The zero-order chi connectivity index (χ0) is 48.2. The fourth-order valence-electron chi connectivity index (χ4n) is 13.6. The van der Waals surface area contributed by atoms with Gasteiger partial charge in [-0.1, -0.05) is 25.1 Å². The van der Waals surface area contributed by atoms with Gasteiger partial charge in [-0.2, -0.15) is 9.97 Å². The summed E-state index contributed by atoms with van der Waals surface area (Å²) in [5.41, 5.74) is 5.10. The Hall–Kier alpha value is -5.97. The molecule has 4 atom stereocenters. The quantitative estimate of drug-likeness (QED) is 0.125. The Morgan fingerprint density at radius 3 is 2.46 bits per heavy atom. The lowest BCUT2D eigenvalue weighted by atomic mass is 9.71. The van der Waals surface area contributed by atoms with Crippen LogP contribution in [0.25, 0.3) is 32.9 Å². The van der Waals surface area contributed by atoms with Crippen molar-refractivity contribution in [2.24, 2.45) is 16.7 Å². The number of piperazine rings is 1. The van der Waals surface area contributed by atoms with Crippen LogP contribution in [0.5, 0.6) is 11.8 Å². The first-order chi connectivity index (χ1) is 34.5. The number of carbonyl (C=O) groups is 3. The Labute approximate surface area is 413 Å². The van der Waals surface area contributed by atoms with E-state index in [0.717, 1.165) is 138 Å². The molecule has 2 bridgehead atoms. The number of nitrogens with one attached hydrogen (secondary N) is 2. The summed E-state index contributed by atoms with van der Waals surface area (Å²) in [4.78, 5) is 63.8. The summed E-state index contributed by atoms with van der Waals surface area (Å²) in [7, 11) is 0. The lowest BCUT2D eigenvalue weighted by Gasteiger charge is -2.55. The second-order valence-corrected chi connectivity index (χ2v) is 22.5. The van der Waals surface area contributed by atoms with E-state index >= 15 is 4.39 Å². The van der Waals surface area contributed by atoms with Gasteiger partial charge in [-0.05, 0) is 128 Å². The van der Waals surface area contributed by atoms with E-state index in [9.17, 15) is 19.5 Å². The van der Waals surface area contributed by atoms with E-state index in [4.69, 9.17) is 19.7 Å². The molecule has 9 heterocycles. The molecule has 16 heteroatoms. The van der Waals surface area contributed by atoms with Crippen molar-refractivity contribution >= 4 is 50.9 Å². The van der Waals surface area contributed by atoms with Crippen LogP contribution in [0, 0.1) is 22.6 Å². The van der Waals surface area contributed by atoms with Crippen LogP contribution in [0.15, 0.2) is 54.7 Å². The van der Waals surface area contributed by atoms with Gasteiger partial charge in [-0.3, -0.25) is 24.7 Å². The number of halogens is 1. The number of hydrogen-bond donors (Lipinski definition) is 3. The van der Waals surface area contributed by atoms with Crippen LogP contribution in [0.2, 0.25) is 0 Å². The third kappa shape index (κ3) is 8.23. The fraction of sp³-hybridized carbons (Fsp3) is 0.527. The number of amides is 3. The highest BCUT2D eigenvalue weighted by molar-refractivity contribution is 6.06. The number of imide groups is 1. The molecule has 7 fully saturated rings. The Balaban J connectivity index is 0.636. The Morgan fingerprint density at radius 2 is 1.69 bits per heavy atom. The monoisotopic (exact) mass is 962 g/mol. The summed E-state index contributed by atoms with van der Waals surface area (Å²) in [5, 5.41) is 19.2. The topological polar surface area (TPSA) is 160 Å². The van der Waals surface area contributed by atoms with Gasteiger partial charge < -0.3 is 39.7 Å². The molecule has 3 aromatic carbocycles. The van der Waals surface area contributed by atoms with Gasteiger partial charge in [-0.25, -0.2) is 4.39 Å². The number of rotatable bonds is 12. The summed E-state index contributed by atoms with van der Waals surface area (Å²) < 4.78 is 23.8. The van der Waals surface area contributed by atoms with Crippen LogP contribution in [-0.4, -0.2) is 143 Å². The number of pyridine rings is 1. The van der Waals surface area contributed by atoms with Gasteiger partial charge in [0.05, 0.1) is 12.0 Å². The zero-order valence-corrected chi connectivity index (χ0v) is 40.6. The highest BCUT2D eigenvalue weighted by Gasteiger charge is 2.48. The molecule has 3 N–H and O–H groups in total. The van der Waals surface area contributed by atoms with Crippen molar-refractivity contribution in [2.45, 2.75) is 95.8 Å². The third-order valence-corrected chi connectivity index (χ3v) is 17.6. The maximum absolute atomic E-state index is 17.2. The summed E-state index contributed by atoms with van der Waals surface area (Å²) >= 11 is 0. The maximum atomic E-state index is 17.2. The molecule has 5 aromatic rings. The minimum absolute atomic E-state index is 0.0244. The number of piperidine rings is 2. The van der Waals surface area contributed by atoms with Crippen LogP contribution in [0.1, 0.15) is 86.2 Å². The first-order valence-electron chi connectivity index (χ1n) is 26.2. The van der Waals surface area contributed by atoms with Crippen LogP contribution >= 0.6 is 0 Å². The molecule has 1 saturated carbocycles. The van der Waals surface area contributed by atoms with Crippen molar-refractivity contribution in [3.63, 3.8) is 0 Å². The van der Waals surface area contributed by atoms with Crippen molar-refractivity contribution < 1.29 is 28.6 Å². The SMILES string of the molecule is CCc1cccc2cc(O)cc(-c3ncc4c(N5CC6CCC(C5)N6)nc(OCC5(CN6CC[C@@H](CN7CC8(CCN(c9ccc%10c(c9)CN(C9CCC(=O)NC9=O)C%10=O)CC8)C7)C6)CC5)nc4c3F)c12. The van der Waals surface area contributed by atoms with Gasteiger partial charge in [0, 0.05) is 112 Å². The van der Waals surface area contributed by atoms with Gasteiger partial charge in [0.15, 0.2) is 5.82 Å². The number of aryl methyl sites for hydroxylation is 1. The lowest BCUT2D eigenvalue weighted by molar-refractivity contribution is -0.136.